The fourth-order valence-corrected chi connectivity index (χ4v) is 2.99. The van der Waals surface area contributed by atoms with Crippen molar-refractivity contribution >= 4 is 34.2 Å². The number of hydrogen-bond donors (Lipinski definition) is 1. The molecule has 6 nitrogen and oxygen atoms in total. The van der Waals surface area contributed by atoms with Gasteiger partial charge in [0.2, 0.25) is 0 Å². The highest BCUT2D eigenvalue weighted by molar-refractivity contribution is 7.15. The number of nitrogens with one attached hydrogen (secondary N) is 1. The number of anilines is 1. The van der Waals surface area contributed by atoms with E-state index in [1.54, 1.807) is 19.2 Å². The van der Waals surface area contributed by atoms with Crippen molar-refractivity contribution in [2.24, 2.45) is 0 Å². The van der Waals surface area contributed by atoms with Gasteiger partial charge in [0, 0.05) is 10.9 Å². The molecule has 7 heteroatoms. The van der Waals surface area contributed by atoms with Crippen LogP contribution in [-0.4, -0.2) is 31.1 Å². The van der Waals surface area contributed by atoms with Gasteiger partial charge in [-0.2, -0.15) is 0 Å². The smallest absolute Gasteiger partial charge is 0.397 e. The molecular weight excluding hydrogens is 330 g/mol. The normalized spacial score (nSPS) is 10.1. The average molecular weight is 347 g/mol. The Balaban J connectivity index is 2.38. The third kappa shape index (κ3) is 3.99. The third-order valence-corrected chi connectivity index (χ3v) is 3.94. The molecule has 2 rings (SSSR count). The van der Waals surface area contributed by atoms with Gasteiger partial charge in [0.05, 0.1) is 13.2 Å². The van der Waals surface area contributed by atoms with E-state index in [9.17, 15) is 14.4 Å². The van der Waals surface area contributed by atoms with Gasteiger partial charge in [0.25, 0.3) is 0 Å². The summed E-state index contributed by atoms with van der Waals surface area (Å²) in [6, 6.07) is 9.25. The summed E-state index contributed by atoms with van der Waals surface area (Å²) in [5, 5.41) is 4.42. The van der Waals surface area contributed by atoms with Gasteiger partial charge in [-0.1, -0.05) is 30.3 Å². The van der Waals surface area contributed by atoms with Crippen LogP contribution < -0.4 is 5.32 Å². The van der Waals surface area contributed by atoms with Crippen LogP contribution in [0.15, 0.2) is 35.7 Å². The Kier molecular flexibility index (Phi) is 6.08. The second kappa shape index (κ2) is 8.26. The molecule has 0 saturated heterocycles. The minimum absolute atomic E-state index is 0.0939. The lowest BCUT2D eigenvalue weighted by atomic mass is 10.0. The van der Waals surface area contributed by atoms with Gasteiger partial charge < -0.3 is 14.8 Å². The SMILES string of the molecule is CCOC(=O)C(=O)Nc1scc(-c2ccccc2)c1C(=O)OCC. The summed E-state index contributed by atoms with van der Waals surface area (Å²) in [5.74, 6) is -2.48. The summed E-state index contributed by atoms with van der Waals surface area (Å²) in [5.41, 5.74) is 1.68. The molecular formula is C17H17NO5S. The number of rotatable bonds is 5. The lowest BCUT2D eigenvalue weighted by Gasteiger charge is -2.08. The number of esters is 2. The van der Waals surface area contributed by atoms with E-state index in [1.807, 2.05) is 30.3 Å². The number of carbonyl (C=O) groups is 3. The van der Waals surface area contributed by atoms with Gasteiger partial charge in [0.15, 0.2) is 0 Å². The molecule has 0 unspecified atom stereocenters. The van der Waals surface area contributed by atoms with Crippen molar-refractivity contribution in [1.29, 1.82) is 0 Å². The zero-order valence-electron chi connectivity index (χ0n) is 13.3. The molecule has 24 heavy (non-hydrogen) atoms. The fraction of sp³-hybridized carbons (Fsp3) is 0.235. The molecule has 1 N–H and O–H groups in total. The van der Waals surface area contributed by atoms with Crippen LogP contribution in [-0.2, 0) is 19.1 Å². The van der Waals surface area contributed by atoms with Crippen molar-refractivity contribution in [1.82, 2.24) is 0 Å². The van der Waals surface area contributed by atoms with Crippen molar-refractivity contribution in [3.05, 3.63) is 41.3 Å². The maximum Gasteiger partial charge on any atom is 0.397 e. The number of benzene rings is 1. The molecule has 0 aliphatic heterocycles. The summed E-state index contributed by atoms with van der Waals surface area (Å²) in [7, 11) is 0. The van der Waals surface area contributed by atoms with E-state index in [0.717, 1.165) is 16.9 Å². The summed E-state index contributed by atoms with van der Waals surface area (Å²) < 4.78 is 9.73. The number of ether oxygens (including phenoxy) is 2. The zero-order chi connectivity index (χ0) is 17.5. The highest BCUT2D eigenvalue weighted by Crippen LogP contribution is 2.36. The van der Waals surface area contributed by atoms with E-state index in [-0.39, 0.29) is 23.8 Å². The third-order valence-electron chi connectivity index (χ3n) is 3.04. The van der Waals surface area contributed by atoms with E-state index >= 15 is 0 Å². The quantitative estimate of drug-likeness (QED) is 0.664. The van der Waals surface area contributed by atoms with E-state index in [0.29, 0.717) is 5.56 Å². The molecule has 126 valence electrons. The van der Waals surface area contributed by atoms with E-state index in [1.165, 1.54) is 0 Å². The van der Waals surface area contributed by atoms with Crippen molar-refractivity contribution < 1.29 is 23.9 Å². The summed E-state index contributed by atoms with van der Waals surface area (Å²) in [4.78, 5) is 35.6. The van der Waals surface area contributed by atoms with Gasteiger partial charge in [-0.05, 0) is 19.4 Å². The van der Waals surface area contributed by atoms with Crippen LogP contribution >= 0.6 is 11.3 Å². The van der Waals surface area contributed by atoms with Crippen LogP contribution in [0.1, 0.15) is 24.2 Å². The second-order valence-electron chi connectivity index (χ2n) is 4.61. The summed E-state index contributed by atoms with van der Waals surface area (Å²) >= 11 is 1.15. The molecule has 1 aromatic carbocycles. The highest BCUT2D eigenvalue weighted by Gasteiger charge is 2.25. The van der Waals surface area contributed by atoms with Crippen molar-refractivity contribution in [3.8, 4) is 11.1 Å². The minimum atomic E-state index is -0.998. The largest absolute Gasteiger partial charge is 0.462 e. The topological polar surface area (TPSA) is 81.7 Å². The Morgan fingerprint density at radius 2 is 1.71 bits per heavy atom. The van der Waals surface area contributed by atoms with E-state index < -0.39 is 17.8 Å². The van der Waals surface area contributed by atoms with Crippen molar-refractivity contribution in [2.45, 2.75) is 13.8 Å². The van der Waals surface area contributed by atoms with Crippen molar-refractivity contribution in [2.75, 3.05) is 18.5 Å². The van der Waals surface area contributed by atoms with Gasteiger partial charge in [-0.25, -0.2) is 9.59 Å². The number of hydrogen-bond acceptors (Lipinski definition) is 6. The monoisotopic (exact) mass is 347 g/mol. The molecule has 0 fully saturated rings. The Morgan fingerprint density at radius 3 is 2.33 bits per heavy atom. The summed E-state index contributed by atoms with van der Waals surface area (Å²) in [6.07, 6.45) is 0. The first-order valence-electron chi connectivity index (χ1n) is 7.40. The number of carbonyl (C=O) groups excluding carboxylic acids is 3. The molecule has 0 aliphatic carbocycles. The maximum atomic E-state index is 12.3. The molecule has 1 amide bonds. The fourth-order valence-electron chi connectivity index (χ4n) is 2.04. The predicted octanol–water partition coefficient (Wildman–Crippen LogP) is 3.09. The molecule has 0 bridgehead atoms. The van der Waals surface area contributed by atoms with Crippen LogP contribution in [0.3, 0.4) is 0 Å². The van der Waals surface area contributed by atoms with Crippen molar-refractivity contribution in [3.63, 3.8) is 0 Å². The van der Waals surface area contributed by atoms with Crippen LogP contribution in [0.25, 0.3) is 11.1 Å². The molecule has 0 saturated carbocycles. The zero-order valence-corrected chi connectivity index (χ0v) is 14.1. The first-order chi connectivity index (χ1) is 11.6. The highest BCUT2D eigenvalue weighted by atomic mass is 32.1. The molecule has 0 radical (unpaired) electrons. The Morgan fingerprint density at radius 1 is 1.04 bits per heavy atom. The lowest BCUT2D eigenvalue weighted by Crippen LogP contribution is -2.25. The van der Waals surface area contributed by atoms with Crippen LogP contribution in [0, 0.1) is 0 Å². The Bertz CT molecular complexity index is 739. The lowest BCUT2D eigenvalue weighted by molar-refractivity contribution is -0.152. The Hall–Kier alpha value is -2.67. The van der Waals surface area contributed by atoms with Crippen LogP contribution in [0.4, 0.5) is 5.00 Å². The molecule has 0 spiro atoms. The first-order valence-corrected chi connectivity index (χ1v) is 8.28. The van der Waals surface area contributed by atoms with Gasteiger partial charge in [0.1, 0.15) is 10.6 Å². The molecule has 0 atom stereocenters. The van der Waals surface area contributed by atoms with E-state index in [4.69, 9.17) is 4.74 Å². The average Bonchev–Trinajstić information content (AvgIpc) is 2.99. The molecule has 0 aliphatic rings. The molecule has 2 aromatic rings. The molecule has 1 aromatic heterocycles. The van der Waals surface area contributed by atoms with Crippen LogP contribution in [0.5, 0.6) is 0 Å². The second-order valence-corrected chi connectivity index (χ2v) is 5.49. The standard InChI is InChI=1S/C17H17NO5S/c1-3-22-16(20)13-12(11-8-6-5-7-9-11)10-24-15(13)18-14(19)17(21)23-4-2/h5-10H,3-4H2,1-2H3,(H,18,19). The maximum absolute atomic E-state index is 12.3. The molecule has 1 heterocycles. The number of thiophene rings is 1. The van der Waals surface area contributed by atoms with Gasteiger partial charge >= 0.3 is 17.8 Å². The summed E-state index contributed by atoms with van der Waals surface area (Å²) in [6.45, 7) is 3.60. The van der Waals surface area contributed by atoms with E-state index in [2.05, 4.69) is 10.1 Å². The van der Waals surface area contributed by atoms with Gasteiger partial charge in [-0.15, -0.1) is 11.3 Å². The first kappa shape index (κ1) is 17.7. The Labute approximate surface area is 143 Å². The predicted molar refractivity (Wildman–Crippen MR) is 91.0 cm³/mol. The minimum Gasteiger partial charge on any atom is -0.462 e. The number of amides is 1. The van der Waals surface area contributed by atoms with Gasteiger partial charge in [-0.3, -0.25) is 4.79 Å². The van der Waals surface area contributed by atoms with Crippen LogP contribution in [0.2, 0.25) is 0 Å².